The summed E-state index contributed by atoms with van der Waals surface area (Å²) >= 11 is 9.45. The molecule has 1 aliphatic heterocycles. The van der Waals surface area contributed by atoms with Crippen LogP contribution in [0.15, 0.2) is 16.6 Å². The van der Waals surface area contributed by atoms with Gasteiger partial charge in [-0.3, -0.25) is 4.79 Å². The lowest BCUT2D eigenvalue weighted by Crippen LogP contribution is -2.35. The molecule has 6 heteroatoms. The summed E-state index contributed by atoms with van der Waals surface area (Å²) in [6.07, 6.45) is 2.20. The van der Waals surface area contributed by atoms with Gasteiger partial charge in [0.25, 0.3) is 5.91 Å². The second kappa shape index (κ2) is 7.29. The van der Waals surface area contributed by atoms with Gasteiger partial charge in [-0.05, 0) is 37.5 Å². The van der Waals surface area contributed by atoms with Crippen molar-refractivity contribution in [3.8, 4) is 5.75 Å². The van der Waals surface area contributed by atoms with E-state index in [4.69, 9.17) is 21.1 Å². The first-order valence-electron chi connectivity index (χ1n) is 6.53. The van der Waals surface area contributed by atoms with E-state index >= 15 is 0 Å². The van der Waals surface area contributed by atoms with E-state index in [1.54, 1.807) is 6.07 Å². The minimum Gasteiger partial charge on any atom is -0.482 e. The Morgan fingerprint density at radius 3 is 3.05 bits per heavy atom. The molecule has 1 heterocycles. The van der Waals surface area contributed by atoms with E-state index in [2.05, 4.69) is 21.2 Å². The van der Waals surface area contributed by atoms with E-state index in [0.29, 0.717) is 17.3 Å². The molecule has 0 radical (unpaired) electrons. The Morgan fingerprint density at radius 2 is 2.40 bits per heavy atom. The smallest absolute Gasteiger partial charge is 0.258 e. The van der Waals surface area contributed by atoms with Crippen LogP contribution in [0.25, 0.3) is 0 Å². The number of carbonyl (C=O) groups is 1. The highest BCUT2D eigenvalue weighted by Gasteiger charge is 2.16. The van der Waals surface area contributed by atoms with Crippen molar-refractivity contribution in [1.82, 2.24) is 5.32 Å². The van der Waals surface area contributed by atoms with Crippen LogP contribution in [0.5, 0.6) is 5.75 Å². The molecule has 1 saturated heterocycles. The van der Waals surface area contributed by atoms with Crippen molar-refractivity contribution in [3.63, 3.8) is 0 Å². The van der Waals surface area contributed by atoms with Crippen LogP contribution in [0.4, 0.5) is 0 Å². The average molecular weight is 363 g/mol. The van der Waals surface area contributed by atoms with Crippen LogP contribution >= 0.6 is 27.5 Å². The fourth-order valence-corrected chi connectivity index (χ4v) is 3.12. The molecule has 1 amide bonds. The van der Waals surface area contributed by atoms with E-state index in [1.165, 1.54) is 0 Å². The average Bonchev–Trinajstić information content (AvgIpc) is 2.88. The first-order valence-corrected chi connectivity index (χ1v) is 7.70. The molecule has 4 nitrogen and oxygen atoms in total. The zero-order valence-corrected chi connectivity index (χ0v) is 13.6. The number of halogens is 2. The van der Waals surface area contributed by atoms with E-state index in [-0.39, 0.29) is 18.6 Å². The van der Waals surface area contributed by atoms with Crippen molar-refractivity contribution in [2.24, 2.45) is 0 Å². The van der Waals surface area contributed by atoms with Crippen molar-refractivity contribution in [1.29, 1.82) is 0 Å². The molecule has 2 rings (SSSR count). The fourth-order valence-electron chi connectivity index (χ4n) is 2.09. The van der Waals surface area contributed by atoms with Gasteiger partial charge in [-0.15, -0.1) is 0 Å². The molecule has 20 heavy (non-hydrogen) atoms. The molecule has 0 saturated carbocycles. The van der Waals surface area contributed by atoms with Crippen LogP contribution in [0, 0.1) is 6.92 Å². The topological polar surface area (TPSA) is 47.6 Å². The van der Waals surface area contributed by atoms with Gasteiger partial charge < -0.3 is 14.8 Å². The van der Waals surface area contributed by atoms with Gasteiger partial charge in [-0.1, -0.05) is 27.5 Å². The Labute approximate surface area is 131 Å². The standard InChI is InChI=1S/C14H17BrClNO3/c1-9-5-10(15)6-12(16)14(9)20-8-13(18)17-7-11-3-2-4-19-11/h5-6,11H,2-4,7-8H2,1H3,(H,17,18)/t11-/m1/s1. The summed E-state index contributed by atoms with van der Waals surface area (Å²) in [4.78, 5) is 11.7. The minimum atomic E-state index is -0.168. The molecule has 0 bridgehead atoms. The van der Waals surface area contributed by atoms with Crippen LogP contribution in [0.1, 0.15) is 18.4 Å². The molecule has 1 N–H and O–H groups in total. The summed E-state index contributed by atoms with van der Waals surface area (Å²) in [6, 6.07) is 3.64. The Kier molecular flexibility index (Phi) is 5.69. The minimum absolute atomic E-state index is 0.0467. The third-order valence-corrected chi connectivity index (χ3v) is 3.83. The predicted octanol–water partition coefficient (Wildman–Crippen LogP) is 3.08. The number of aryl methyl sites for hydroxylation is 1. The lowest BCUT2D eigenvalue weighted by molar-refractivity contribution is -0.123. The van der Waals surface area contributed by atoms with Gasteiger partial charge in [0.2, 0.25) is 0 Å². The molecule has 1 aromatic rings. The first-order chi connectivity index (χ1) is 9.56. The van der Waals surface area contributed by atoms with Gasteiger partial charge in [0.1, 0.15) is 5.75 Å². The highest BCUT2D eigenvalue weighted by atomic mass is 79.9. The maximum Gasteiger partial charge on any atom is 0.258 e. The monoisotopic (exact) mass is 361 g/mol. The highest BCUT2D eigenvalue weighted by Crippen LogP contribution is 2.31. The summed E-state index contributed by atoms with van der Waals surface area (Å²) in [5.74, 6) is 0.376. The molecule has 0 spiro atoms. The molecule has 1 aliphatic rings. The van der Waals surface area contributed by atoms with Crippen molar-refractivity contribution >= 4 is 33.4 Å². The molecular formula is C14H17BrClNO3. The molecule has 0 aliphatic carbocycles. The van der Waals surface area contributed by atoms with Crippen LogP contribution in [0.2, 0.25) is 5.02 Å². The largest absolute Gasteiger partial charge is 0.482 e. The number of ether oxygens (including phenoxy) is 2. The quantitative estimate of drug-likeness (QED) is 0.875. The van der Waals surface area contributed by atoms with Gasteiger partial charge >= 0.3 is 0 Å². The zero-order chi connectivity index (χ0) is 14.5. The molecule has 1 atom stereocenters. The maximum absolute atomic E-state index is 11.7. The Morgan fingerprint density at radius 1 is 1.60 bits per heavy atom. The first kappa shape index (κ1) is 15.6. The van der Waals surface area contributed by atoms with Crippen LogP contribution in [-0.2, 0) is 9.53 Å². The number of amides is 1. The van der Waals surface area contributed by atoms with Gasteiger partial charge in [-0.2, -0.15) is 0 Å². The van der Waals surface area contributed by atoms with Crippen LogP contribution in [-0.4, -0.2) is 31.8 Å². The summed E-state index contributed by atoms with van der Waals surface area (Å²) in [5, 5.41) is 3.29. The lowest BCUT2D eigenvalue weighted by Gasteiger charge is -2.13. The molecule has 1 fully saturated rings. The number of carbonyl (C=O) groups excluding carboxylic acids is 1. The van der Waals surface area contributed by atoms with E-state index in [1.807, 2.05) is 13.0 Å². The Bertz CT molecular complexity index is 466. The second-order valence-corrected chi connectivity index (χ2v) is 6.08. The Hall–Kier alpha value is -0.780. The van der Waals surface area contributed by atoms with E-state index in [0.717, 1.165) is 29.5 Å². The SMILES string of the molecule is Cc1cc(Br)cc(Cl)c1OCC(=O)NC[C@H]1CCCO1. The zero-order valence-electron chi connectivity index (χ0n) is 11.2. The van der Waals surface area contributed by atoms with Gasteiger partial charge in [0.15, 0.2) is 6.61 Å². The molecule has 0 unspecified atom stereocenters. The third kappa shape index (κ3) is 4.36. The van der Waals surface area contributed by atoms with Gasteiger partial charge in [0, 0.05) is 17.6 Å². The van der Waals surface area contributed by atoms with E-state index < -0.39 is 0 Å². The number of hydrogen-bond donors (Lipinski definition) is 1. The number of hydrogen-bond acceptors (Lipinski definition) is 3. The number of rotatable bonds is 5. The molecule has 0 aromatic heterocycles. The van der Waals surface area contributed by atoms with Gasteiger partial charge in [-0.25, -0.2) is 0 Å². The van der Waals surface area contributed by atoms with Crippen LogP contribution in [0.3, 0.4) is 0 Å². The summed E-state index contributed by atoms with van der Waals surface area (Å²) < 4.78 is 11.8. The van der Waals surface area contributed by atoms with Gasteiger partial charge in [0.05, 0.1) is 11.1 Å². The number of nitrogens with one attached hydrogen (secondary N) is 1. The predicted molar refractivity (Wildman–Crippen MR) is 81.4 cm³/mol. The summed E-state index contributed by atoms with van der Waals surface area (Å²) in [6.45, 7) is 3.16. The summed E-state index contributed by atoms with van der Waals surface area (Å²) in [7, 11) is 0. The normalized spacial score (nSPS) is 18.1. The van der Waals surface area contributed by atoms with Crippen molar-refractivity contribution in [2.75, 3.05) is 19.8 Å². The summed E-state index contributed by atoms with van der Waals surface area (Å²) in [5.41, 5.74) is 0.885. The van der Waals surface area contributed by atoms with E-state index in [9.17, 15) is 4.79 Å². The second-order valence-electron chi connectivity index (χ2n) is 4.76. The van der Waals surface area contributed by atoms with Crippen LogP contribution < -0.4 is 10.1 Å². The third-order valence-electron chi connectivity index (χ3n) is 3.09. The highest BCUT2D eigenvalue weighted by molar-refractivity contribution is 9.10. The Balaban J connectivity index is 1.81. The van der Waals surface area contributed by atoms with Crippen molar-refractivity contribution in [2.45, 2.75) is 25.9 Å². The van der Waals surface area contributed by atoms with Crippen molar-refractivity contribution in [3.05, 3.63) is 27.2 Å². The number of benzene rings is 1. The lowest BCUT2D eigenvalue weighted by atomic mass is 10.2. The molecule has 110 valence electrons. The fraction of sp³-hybridized carbons (Fsp3) is 0.500. The molecule has 1 aromatic carbocycles. The van der Waals surface area contributed by atoms with Crippen molar-refractivity contribution < 1.29 is 14.3 Å². The molecular weight excluding hydrogens is 346 g/mol. The maximum atomic E-state index is 11.7.